The highest BCUT2D eigenvalue weighted by Gasteiger charge is 2.38. The van der Waals surface area contributed by atoms with Crippen LogP contribution >= 0.6 is 0 Å². The Bertz CT molecular complexity index is 1360. The van der Waals surface area contributed by atoms with Crippen molar-refractivity contribution in [2.75, 3.05) is 45.3 Å². The van der Waals surface area contributed by atoms with Gasteiger partial charge in [0.2, 0.25) is 5.76 Å². The number of fused-ring (bicyclic) bond motifs is 1. The number of rotatable bonds is 9. The van der Waals surface area contributed by atoms with Crippen LogP contribution in [0, 0.1) is 5.82 Å². The average Bonchev–Trinajstić information content (AvgIpc) is 2.94. The number of ether oxygens (including phenoxy) is 3. The van der Waals surface area contributed by atoms with Crippen LogP contribution in [0.4, 0.5) is 10.1 Å². The summed E-state index contributed by atoms with van der Waals surface area (Å²) in [5, 5.41) is 16.4. The van der Waals surface area contributed by atoms with E-state index >= 15 is 0 Å². The largest absolute Gasteiger partial charge is 0.505 e. The van der Waals surface area contributed by atoms with Gasteiger partial charge in [-0.1, -0.05) is 12.1 Å². The Hall–Kier alpha value is -4.29. The molecule has 0 radical (unpaired) electrons. The zero-order valence-electron chi connectivity index (χ0n) is 22.5. The summed E-state index contributed by atoms with van der Waals surface area (Å²) in [6.45, 7) is 5.22. The number of aliphatic hydroxyl groups is 1. The van der Waals surface area contributed by atoms with Gasteiger partial charge in [0.25, 0.3) is 11.8 Å². The number of aliphatic hydroxyl groups excluding tert-OH is 1. The smallest absolute Gasteiger partial charge is 0.291 e. The summed E-state index contributed by atoms with van der Waals surface area (Å²) in [5.41, 5.74) is 0.165. The normalized spacial score (nSPS) is 16.5. The third kappa shape index (κ3) is 6.13. The van der Waals surface area contributed by atoms with Gasteiger partial charge in [-0.05, 0) is 31.5 Å². The van der Waals surface area contributed by atoms with Gasteiger partial charge >= 0.3 is 0 Å². The van der Waals surface area contributed by atoms with E-state index in [0.29, 0.717) is 25.3 Å². The second-order valence-corrected chi connectivity index (χ2v) is 9.85. The Morgan fingerprint density at radius 3 is 2.73 bits per heavy atom. The van der Waals surface area contributed by atoms with Gasteiger partial charge in [-0.25, -0.2) is 4.39 Å². The molecule has 212 valence electrons. The van der Waals surface area contributed by atoms with Crippen molar-refractivity contribution in [3.8, 4) is 5.75 Å². The highest BCUT2D eigenvalue weighted by atomic mass is 19.1. The topological polar surface area (TPSA) is 139 Å². The molecule has 1 fully saturated rings. The number of halogens is 1. The van der Waals surface area contributed by atoms with Crippen LogP contribution in [0.1, 0.15) is 30.7 Å². The quantitative estimate of drug-likeness (QED) is 0.106. The van der Waals surface area contributed by atoms with Gasteiger partial charge in [0, 0.05) is 38.4 Å². The van der Waals surface area contributed by atoms with Gasteiger partial charge in [0.05, 0.1) is 31.6 Å². The Morgan fingerprint density at radius 1 is 1.30 bits per heavy atom. The maximum absolute atomic E-state index is 13.5. The number of hydrogen-bond acceptors (Lipinski definition) is 9. The molecule has 0 saturated carbocycles. The summed E-state index contributed by atoms with van der Waals surface area (Å²) in [6.07, 6.45) is 3.24. The van der Waals surface area contributed by atoms with E-state index in [9.17, 15) is 23.9 Å². The summed E-state index contributed by atoms with van der Waals surface area (Å²) < 4.78 is 30.0. The van der Waals surface area contributed by atoms with Crippen molar-refractivity contribution in [2.45, 2.75) is 25.8 Å². The van der Waals surface area contributed by atoms with E-state index in [2.05, 4.69) is 15.6 Å². The predicted molar refractivity (Wildman–Crippen MR) is 143 cm³/mol. The first-order valence-electron chi connectivity index (χ1n) is 12.6. The minimum absolute atomic E-state index is 0.00336. The van der Waals surface area contributed by atoms with Gasteiger partial charge in [-0.2, -0.15) is 0 Å². The molecule has 2 aromatic rings. The second-order valence-electron chi connectivity index (χ2n) is 9.85. The summed E-state index contributed by atoms with van der Waals surface area (Å²) in [5.74, 6) is -2.08. The predicted octanol–water partition coefficient (Wildman–Crippen LogP) is 2.33. The van der Waals surface area contributed by atoms with Crippen molar-refractivity contribution in [1.82, 2.24) is 15.2 Å². The van der Waals surface area contributed by atoms with Gasteiger partial charge in [-0.3, -0.25) is 19.4 Å². The summed E-state index contributed by atoms with van der Waals surface area (Å²) in [6, 6.07) is 5.86. The van der Waals surface area contributed by atoms with E-state index in [1.807, 2.05) is 13.8 Å². The van der Waals surface area contributed by atoms with E-state index in [0.717, 1.165) is 5.56 Å². The van der Waals surface area contributed by atoms with Crippen molar-refractivity contribution in [1.29, 1.82) is 0 Å². The lowest BCUT2D eigenvalue weighted by atomic mass is 10.0. The third-order valence-electron chi connectivity index (χ3n) is 6.51. The third-order valence-corrected chi connectivity index (χ3v) is 6.51. The highest BCUT2D eigenvalue weighted by Crippen LogP contribution is 2.40. The van der Waals surface area contributed by atoms with Crippen LogP contribution in [-0.2, 0) is 30.3 Å². The molecule has 0 unspecified atom stereocenters. The SMILES string of the molecule is COCCNC(=O)/C(C=O)=C(\O)c1ncc(Cc2ccc(F)cc2)c2c1NC=C(C(=O)N1CCOCC1(C)C)O2. The molecule has 1 saturated heterocycles. The first kappa shape index (κ1) is 28.7. The van der Waals surface area contributed by atoms with Crippen LogP contribution in [0.25, 0.3) is 5.76 Å². The Morgan fingerprint density at radius 2 is 2.05 bits per heavy atom. The number of carbonyl (C=O) groups is 3. The number of aldehydes is 1. The number of benzene rings is 1. The fraction of sp³-hybridized carbons (Fsp3) is 0.357. The number of amides is 2. The molecule has 2 aliphatic heterocycles. The number of hydrogen-bond donors (Lipinski definition) is 3. The fourth-order valence-electron chi connectivity index (χ4n) is 4.37. The van der Waals surface area contributed by atoms with Crippen LogP contribution < -0.4 is 15.4 Å². The van der Waals surface area contributed by atoms with Crippen molar-refractivity contribution in [3.63, 3.8) is 0 Å². The van der Waals surface area contributed by atoms with Gasteiger partial charge in [-0.15, -0.1) is 0 Å². The standard InChI is InChI=1S/C28H31FN4O7/c1-28(2)16-39-11-9-33(28)27(37)21-14-32-23-22(24(35)20(15-34)26(36)30-8-10-38-3)31-13-18(25(23)40-21)12-17-4-6-19(29)7-5-17/h4-7,13-15,32,35H,8-12,16H2,1-3H3,(H,30,36)/b24-20-. The lowest BCUT2D eigenvalue weighted by molar-refractivity contribution is -0.144. The summed E-state index contributed by atoms with van der Waals surface area (Å²) >= 11 is 0. The number of pyridine rings is 1. The second kappa shape index (κ2) is 12.3. The van der Waals surface area contributed by atoms with Crippen LogP contribution in [0.5, 0.6) is 5.75 Å². The molecule has 1 aromatic heterocycles. The molecule has 3 N–H and O–H groups in total. The lowest BCUT2D eigenvalue weighted by Crippen LogP contribution is -2.56. The minimum atomic E-state index is -0.812. The molecule has 11 nitrogen and oxygen atoms in total. The summed E-state index contributed by atoms with van der Waals surface area (Å²) in [4.78, 5) is 43.8. The maximum atomic E-state index is 13.5. The Balaban J connectivity index is 1.74. The molecular formula is C28H31FN4O7. The maximum Gasteiger partial charge on any atom is 0.291 e. The Labute approximate surface area is 230 Å². The number of carbonyl (C=O) groups excluding carboxylic acids is 3. The zero-order valence-corrected chi connectivity index (χ0v) is 22.5. The number of methoxy groups -OCH3 is 1. The van der Waals surface area contributed by atoms with Crippen molar-refractivity contribution < 1.29 is 38.1 Å². The molecule has 12 heteroatoms. The van der Waals surface area contributed by atoms with E-state index < -0.39 is 22.8 Å². The van der Waals surface area contributed by atoms with Crippen LogP contribution in [-0.4, -0.2) is 78.6 Å². The highest BCUT2D eigenvalue weighted by molar-refractivity contribution is 6.16. The molecule has 0 atom stereocenters. The van der Waals surface area contributed by atoms with Gasteiger partial charge in [0.1, 0.15) is 22.8 Å². The van der Waals surface area contributed by atoms with Gasteiger partial charge < -0.3 is 34.9 Å². The van der Waals surface area contributed by atoms with Gasteiger partial charge in [0.15, 0.2) is 17.8 Å². The molecule has 40 heavy (non-hydrogen) atoms. The first-order valence-corrected chi connectivity index (χ1v) is 12.6. The molecule has 2 amide bonds. The molecule has 2 aliphatic rings. The summed E-state index contributed by atoms with van der Waals surface area (Å²) in [7, 11) is 1.46. The van der Waals surface area contributed by atoms with Crippen LogP contribution in [0.15, 0.2) is 48.0 Å². The van der Waals surface area contributed by atoms with Crippen molar-refractivity contribution in [2.24, 2.45) is 0 Å². The molecule has 3 heterocycles. The molecule has 4 rings (SSSR count). The lowest BCUT2D eigenvalue weighted by Gasteiger charge is -2.42. The van der Waals surface area contributed by atoms with E-state index in [1.165, 1.54) is 31.6 Å². The monoisotopic (exact) mass is 554 g/mol. The van der Waals surface area contributed by atoms with E-state index in [1.54, 1.807) is 17.0 Å². The van der Waals surface area contributed by atoms with Crippen molar-refractivity contribution in [3.05, 3.63) is 70.6 Å². The number of anilines is 1. The Kier molecular flexibility index (Phi) is 8.80. The molecule has 0 spiro atoms. The molecule has 1 aromatic carbocycles. The van der Waals surface area contributed by atoms with Crippen LogP contribution in [0.3, 0.4) is 0 Å². The fourth-order valence-corrected chi connectivity index (χ4v) is 4.37. The first-order chi connectivity index (χ1) is 19.2. The average molecular weight is 555 g/mol. The molecule has 0 aliphatic carbocycles. The number of nitrogens with one attached hydrogen (secondary N) is 2. The molecule has 0 bridgehead atoms. The number of aromatic nitrogens is 1. The number of morpholine rings is 1. The zero-order chi connectivity index (χ0) is 28.9. The molecular weight excluding hydrogens is 523 g/mol. The van der Waals surface area contributed by atoms with E-state index in [-0.39, 0.29) is 60.5 Å². The number of nitrogens with zero attached hydrogens (tertiary/aromatic N) is 2. The van der Waals surface area contributed by atoms with Crippen molar-refractivity contribution >= 4 is 29.5 Å². The van der Waals surface area contributed by atoms with E-state index in [4.69, 9.17) is 14.2 Å². The minimum Gasteiger partial charge on any atom is -0.505 e. The van der Waals surface area contributed by atoms with Crippen LogP contribution in [0.2, 0.25) is 0 Å².